The van der Waals surface area contributed by atoms with E-state index in [2.05, 4.69) is 45.7 Å². The Morgan fingerprint density at radius 1 is 1.24 bits per heavy atom. The lowest BCUT2D eigenvalue weighted by molar-refractivity contribution is 0.135. The fraction of sp³-hybridized carbons (Fsp3) is 0.692. The quantitative estimate of drug-likeness (QED) is 0.886. The molecule has 0 bridgehead atoms. The van der Waals surface area contributed by atoms with Crippen LogP contribution in [0.5, 0.6) is 0 Å². The van der Waals surface area contributed by atoms with E-state index in [0.717, 1.165) is 4.34 Å². The first kappa shape index (κ1) is 15.0. The molecule has 0 fully saturated rings. The van der Waals surface area contributed by atoms with Crippen LogP contribution in [-0.2, 0) is 0 Å². The van der Waals surface area contributed by atoms with E-state index in [9.17, 15) is 0 Å². The van der Waals surface area contributed by atoms with Gasteiger partial charge in [0, 0.05) is 17.0 Å². The molecule has 0 saturated carbocycles. The number of thiophene rings is 1. The number of hydrogen-bond acceptors (Lipinski definition) is 3. The average Bonchev–Trinajstić information content (AvgIpc) is 2.62. The van der Waals surface area contributed by atoms with Gasteiger partial charge in [0.25, 0.3) is 0 Å². The second-order valence-corrected chi connectivity index (χ2v) is 6.84. The maximum absolute atomic E-state index is 6.14. The van der Waals surface area contributed by atoms with Crippen molar-refractivity contribution in [3.63, 3.8) is 0 Å². The predicted molar refractivity (Wildman–Crippen MR) is 77.8 cm³/mol. The van der Waals surface area contributed by atoms with Gasteiger partial charge in [0.05, 0.1) is 10.4 Å². The monoisotopic (exact) mass is 274 g/mol. The third-order valence-corrected chi connectivity index (χ3v) is 4.73. The van der Waals surface area contributed by atoms with E-state index in [1.54, 1.807) is 11.3 Å². The molecule has 0 amide bonds. The Labute approximate surface area is 114 Å². The molecule has 0 radical (unpaired) electrons. The Morgan fingerprint density at radius 3 is 2.18 bits per heavy atom. The van der Waals surface area contributed by atoms with Crippen LogP contribution >= 0.6 is 22.9 Å². The zero-order chi connectivity index (χ0) is 13.2. The number of rotatable bonds is 5. The van der Waals surface area contributed by atoms with Crippen molar-refractivity contribution in [3.8, 4) is 0 Å². The zero-order valence-electron chi connectivity index (χ0n) is 11.3. The summed E-state index contributed by atoms with van der Waals surface area (Å²) in [7, 11) is 2.15. The fourth-order valence-electron chi connectivity index (χ4n) is 2.04. The van der Waals surface area contributed by atoms with Crippen LogP contribution in [0.2, 0.25) is 4.34 Å². The van der Waals surface area contributed by atoms with Gasteiger partial charge >= 0.3 is 0 Å². The molecule has 0 aliphatic heterocycles. The van der Waals surface area contributed by atoms with Gasteiger partial charge in [0.2, 0.25) is 0 Å². The Morgan fingerprint density at radius 2 is 1.82 bits per heavy atom. The Kier molecular flexibility index (Phi) is 5.45. The van der Waals surface area contributed by atoms with E-state index in [0.29, 0.717) is 12.0 Å². The third-order valence-electron chi connectivity index (χ3n) is 3.43. The van der Waals surface area contributed by atoms with Crippen molar-refractivity contribution in [2.75, 3.05) is 7.05 Å². The van der Waals surface area contributed by atoms with Gasteiger partial charge in [0.15, 0.2) is 0 Å². The van der Waals surface area contributed by atoms with Crippen LogP contribution in [-0.4, -0.2) is 24.0 Å². The van der Waals surface area contributed by atoms with Crippen LogP contribution < -0.4 is 5.73 Å². The van der Waals surface area contributed by atoms with Crippen molar-refractivity contribution in [1.29, 1.82) is 0 Å². The highest BCUT2D eigenvalue weighted by atomic mass is 35.5. The highest BCUT2D eigenvalue weighted by Gasteiger charge is 2.27. The van der Waals surface area contributed by atoms with Crippen LogP contribution in [0.25, 0.3) is 0 Å². The Bertz CT molecular complexity index is 349. The first-order valence-electron chi connectivity index (χ1n) is 6.07. The van der Waals surface area contributed by atoms with Gasteiger partial charge in [-0.2, -0.15) is 0 Å². The summed E-state index contributed by atoms with van der Waals surface area (Å²) in [5.74, 6) is 0.608. The summed E-state index contributed by atoms with van der Waals surface area (Å²) in [5.41, 5.74) is 6.14. The minimum Gasteiger partial charge on any atom is -0.326 e. The number of nitrogens with two attached hydrogens (primary N) is 1. The Balaban J connectivity index is 2.94. The Hall–Kier alpha value is -0.0900. The van der Waals surface area contributed by atoms with E-state index >= 15 is 0 Å². The number of halogens is 1. The molecular weight excluding hydrogens is 252 g/mol. The van der Waals surface area contributed by atoms with E-state index in [-0.39, 0.29) is 12.1 Å². The minimum atomic E-state index is 0.0934. The highest BCUT2D eigenvalue weighted by molar-refractivity contribution is 7.16. The minimum absolute atomic E-state index is 0.0934. The summed E-state index contributed by atoms with van der Waals surface area (Å²) in [6.07, 6.45) is 0. The third kappa shape index (κ3) is 3.68. The van der Waals surface area contributed by atoms with E-state index in [1.165, 1.54) is 4.88 Å². The van der Waals surface area contributed by atoms with Gasteiger partial charge < -0.3 is 5.73 Å². The van der Waals surface area contributed by atoms with Crippen LogP contribution in [0.15, 0.2) is 12.1 Å². The normalized spacial score (nSPS) is 17.5. The van der Waals surface area contributed by atoms with E-state index in [1.807, 2.05) is 6.07 Å². The van der Waals surface area contributed by atoms with Crippen LogP contribution in [0.4, 0.5) is 0 Å². The van der Waals surface area contributed by atoms with Gasteiger partial charge in [-0.25, -0.2) is 0 Å². The molecule has 17 heavy (non-hydrogen) atoms. The summed E-state index contributed by atoms with van der Waals surface area (Å²) in [4.78, 5) is 3.61. The molecule has 1 rings (SSSR count). The molecule has 0 aromatic carbocycles. The molecule has 1 aromatic heterocycles. The summed E-state index contributed by atoms with van der Waals surface area (Å²) < 4.78 is 0.830. The van der Waals surface area contributed by atoms with Crippen molar-refractivity contribution in [2.45, 2.75) is 45.8 Å². The van der Waals surface area contributed by atoms with Gasteiger partial charge in [-0.1, -0.05) is 25.4 Å². The lowest BCUT2D eigenvalue weighted by Gasteiger charge is -2.36. The summed E-state index contributed by atoms with van der Waals surface area (Å²) in [5, 5.41) is 0. The predicted octanol–water partition coefficient (Wildman–Crippen LogP) is 3.77. The first-order chi connectivity index (χ1) is 7.84. The molecule has 0 aliphatic carbocycles. The number of hydrogen-bond donors (Lipinski definition) is 1. The lowest BCUT2D eigenvalue weighted by atomic mass is 10.00. The van der Waals surface area contributed by atoms with Crippen molar-refractivity contribution in [3.05, 3.63) is 21.3 Å². The first-order valence-corrected chi connectivity index (χ1v) is 7.26. The maximum atomic E-state index is 6.14. The largest absolute Gasteiger partial charge is 0.326 e. The lowest BCUT2D eigenvalue weighted by Crippen LogP contribution is -2.43. The summed E-state index contributed by atoms with van der Waals surface area (Å²) in [6, 6.07) is 4.86. The zero-order valence-corrected chi connectivity index (χ0v) is 12.8. The molecular formula is C13H23ClN2S. The SMILES string of the molecule is CC(C)C(C)N(C)C(c1ccc(Cl)s1)C(C)N. The molecule has 0 spiro atoms. The highest BCUT2D eigenvalue weighted by Crippen LogP contribution is 2.33. The van der Waals surface area contributed by atoms with Gasteiger partial charge in [-0.05, 0) is 38.9 Å². The van der Waals surface area contributed by atoms with Crippen molar-refractivity contribution in [1.82, 2.24) is 4.90 Å². The van der Waals surface area contributed by atoms with Gasteiger partial charge in [-0.3, -0.25) is 4.90 Å². The molecule has 2 nitrogen and oxygen atoms in total. The maximum Gasteiger partial charge on any atom is 0.0931 e. The number of likely N-dealkylation sites (N-methyl/N-ethyl adjacent to an activating group) is 1. The summed E-state index contributed by atoms with van der Waals surface area (Å²) in [6.45, 7) is 8.78. The smallest absolute Gasteiger partial charge is 0.0931 e. The topological polar surface area (TPSA) is 29.3 Å². The molecule has 98 valence electrons. The van der Waals surface area contributed by atoms with Gasteiger partial charge in [0.1, 0.15) is 0 Å². The second kappa shape index (κ2) is 6.19. The standard InChI is InChI=1S/C13H23ClN2S/c1-8(2)10(4)16(5)13(9(3)15)11-6-7-12(14)17-11/h6-10,13H,15H2,1-5H3. The van der Waals surface area contributed by atoms with Crippen LogP contribution in [0.1, 0.15) is 38.6 Å². The molecule has 1 aromatic rings. The molecule has 2 N–H and O–H groups in total. The van der Waals surface area contributed by atoms with Crippen LogP contribution in [0.3, 0.4) is 0 Å². The van der Waals surface area contributed by atoms with E-state index < -0.39 is 0 Å². The van der Waals surface area contributed by atoms with Gasteiger partial charge in [-0.15, -0.1) is 11.3 Å². The number of nitrogens with zero attached hydrogens (tertiary/aromatic N) is 1. The van der Waals surface area contributed by atoms with Crippen molar-refractivity contribution >= 4 is 22.9 Å². The second-order valence-electron chi connectivity index (χ2n) is 5.10. The summed E-state index contributed by atoms with van der Waals surface area (Å²) >= 11 is 7.64. The average molecular weight is 275 g/mol. The van der Waals surface area contributed by atoms with E-state index in [4.69, 9.17) is 17.3 Å². The fourth-order valence-corrected chi connectivity index (χ4v) is 3.37. The molecule has 0 saturated heterocycles. The van der Waals surface area contributed by atoms with Crippen molar-refractivity contribution in [2.24, 2.45) is 11.7 Å². The molecule has 3 atom stereocenters. The molecule has 3 unspecified atom stereocenters. The molecule has 4 heteroatoms. The van der Waals surface area contributed by atoms with Crippen LogP contribution in [0, 0.1) is 5.92 Å². The van der Waals surface area contributed by atoms with Crippen molar-refractivity contribution < 1.29 is 0 Å². The molecule has 1 heterocycles. The molecule has 0 aliphatic rings.